The lowest BCUT2D eigenvalue weighted by Crippen LogP contribution is -2.00. The molecule has 12 aromatic carbocycles. The Morgan fingerprint density at radius 3 is 0.882 bits per heavy atom. The first-order valence-corrected chi connectivity index (χ1v) is 34.1. The van der Waals surface area contributed by atoms with Gasteiger partial charge in [-0.2, -0.15) is 0 Å². The van der Waals surface area contributed by atoms with Crippen LogP contribution in [-0.4, -0.2) is 44.9 Å². The zero-order valence-electron chi connectivity index (χ0n) is 55.9. The van der Waals surface area contributed by atoms with Gasteiger partial charge in [-0.25, -0.2) is 34.9 Å². The molecule has 102 heavy (non-hydrogen) atoms. The maximum Gasteiger partial charge on any atom is 0.164 e. The minimum Gasteiger partial charge on any atom is -0.251 e. The van der Waals surface area contributed by atoms with Gasteiger partial charge in [0, 0.05) is 77.4 Å². The Morgan fingerprint density at radius 1 is 0.167 bits per heavy atom. The van der Waals surface area contributed by atoms with Gasteiger partial charge in [0.15, 0.2) is 23.3 Å². The molecular weight excluding hydrogens is 1240 g/mol. The zero-order chi connectivity index (χ0) is 68.3. The van der Waals surface area contributed by atoms with Gasteiger partial charge in [-0.15, -0.1) is 0 Å². The predicted octanol–water partition coefficient (Wildman–Crippen LogP) is 23.2. The molecule has 0 radical (unpaired) electrons. The average molecular weight is 1310 g/mol. The van der Waals surface area contributed by atoms with Gasteiger partial charge in [0.1, 0.15) is 0 Å². The third-order valence-corrected chi connectivity index (χ3v) is 18.6. The molecule has 0 aliphatic heterocycles. The van der Waals surface area contributed by atoms with E-state index >= 15 is 0 Å². The van der Waals surface area contributed by atoms with Gasteiger partial charge < -0.3 is 0 Å². The van der Waals surface area contributed by atoms with E-state index < -0.39 is 0 Å². The van der Waals surface area contributed by atoms with E-state index in [2.05, 4.69) is 256 Å². The summed E-state index contributed by atoms with van der Waals surface area (Å²) in [7, 11) is 0. The second kappa shape index (κ2) is 27.4. The fraction of sp³-hybridized carbons (Fsp3) is 0.0215. The molecule has 0 saturated heterocycles. The predicted molar refractivity (Wildman–Crippen MR) is 418 cm³/mol. The second-order valence-corrected chi connectivity index (χ2v) is 25.4. The summed E-state index contributed by atoms with van der Waals surface area (Å²) in [4.78, 5) is 45.4. The summed E-state index contributed by atoms with van der Waals surface area (Å²) in [6.45, 7) is 4.10. The van der Waals surface area contributed by atoms with Gasteiger partial charge in [-0.05, 0) is 94.8 Å². The monoisotopic (exact) mass is 1310 g/mol. The van der Waals surface area contributed by atoms with Crippen molar-refractivity contribution in [2.75, 3.05) is 0 Å². The fourth-order valence-electron chi connectivity index (χ4n) is 13.4. The molecule has 0 bridgehead atoms. The van der Waals surface area contributed by atoms with E-state index in [0.29, 0.717) is 23.3 Å². The van der Waals surface area contributed by atoms with Crippen molar-refractivity contribution < 1.29 is 0 Å². The van der Waals surface area contributed by atoms with Crippen LogP contribution in [-0.2, 0) is 0 Å². The first-order valence-electron chi connectivity index (χ1n) is 34.1. The Morgan fingerprint density at radius 2 is 0.461 bits per heavy atom. The lowest BCUT2D eigenvalue weighted by Gasteiger charge is -2.13. The standard InChI is InChI=1S/C47H32N4.C46H31N5/c1-31-28-41(40-26-24-36-25-27-42(34-14-7-3-8-15-34)49-45(36)46(40)48-31)38-18-11-19-39(29-38)44-30-43(35-16-9-4-10-17-35)50-47(51-44)37-22-20-33(21-23-37)32-12-5-2-6-13-32;1-30-29-40(39-27-25-35-26-28-41(34-13-7-3-8-14-34)48-42(35)43(39)47-30)33-19-23-38(24-20-33)46-50-44(36-15-9-4-10-16-36)49-45(51-46)37-21-17-32(18-22-37)31-11-5-2-6-12-31/h2-30H,1H3;2-29H,1H3. The molecule has 9 nitrogen and oxygen atoms in total. The number of hydrogen-bond donors (Lipinski definition) is 0. The Balaban J connectivity index is 0.000000152. The van der Waals surface area contributed by atoms with Gasteiger partial charge in [0.25, 0.3) is 0 Å². The molecule has 18 aromatic rings. The number of pyridine rings is 4. The third kappa shape index (κ3) is 12.7. The van der Waals surface area contributed by atoms with E-state index in [1.807, 2.05) is 104 Å². The minimum atomic E-state index is 0.622. The molecule has 0 aliphatic carbocycles. The first-order chi connectivity index (χ1) is 50.3. The topological polar surface area (TPSA) is 116 Å². The van der Waals surface area contributed by atoms with Gasteiger partial charge in [-0.3, -0.25) is 9.97 Å². The van der Waals surface area contributed by atoms with E-state index in [9.17, 15) is 0 Å². The summed E-state index contributed by atoms with van der Waals surface area (Å²) < 4.78 is 0. The maximum absolute atomic E-state index is 5.16. The van der Waals surface area contributed by atoms with Crippen molar-refractivity contribution >= 4 is 43.6 Å². The highest BCUT2D eigenvalue weighted by molar-refractivity contribution is 6.10. The molecule has 0 N–H and O–H groups in total. The quantitative estimate of drug-likeness (QED) is 0.110. The van der Waals surface area contributed by atoms with Crippen LogP contribution < -0.4 is 0 Å². The normalized spacial score (nSPS) is 11.2. The van der Waals surface area contributed by atoms with Gasteiger partial charge >= 0.3 is 0 Å². The molecule has 480 valence electrons. The highest BCUT2D eigenvalue weighted by Gasteiger charge is 2.19. The number of fused-ring (bicyclic) bond motifs is 6. The Labute approximate surface area is 591 Å². The highest BCUT2D eigenvalue weighted by atomic mass is 15.0. The number of rotatable bonds is 12. The molecule has 9 heteroatoms. The van der Waals surface area contributed by atoms with Crippen molar-refractivity contribution in [2.45, 2.75) is 13.8 Å². The SMILES string of the molecule is Cc1cc(-c2ccc(-c3nc(-c4ccccc4)nc(-c4ccc(-c5ccccc5)cc4)n3)cc2)c2ccc3ccc(-c4ccccc4)nc3c2n1.Cc1cc(-c2cccc(-c3cc(-c4ccccc4)nc(-c4ccc(-c5ccccc5)cc4)n3)c2)c2ccc3ccc(-c4ccccc4)nc3c2n1. The van der Waals surface area contributed by atoms with E-state index in [-0.39, 0.29) is 0 Å². The van der Waals surface area contributed by atoms with Crippen molar-refractivity contribution in [1.29, 1.82) is 0 Å². The van der Waals surface area contributed by atoms with Crippen molar-refractivity contribution in [1.82, 2.24) is 44.9 Å². The summed E-state index contributed by atoms with van der Waals surface area (Å²) in [5.41, 5.74) is 26.1. The van der Waals surface area contributed by atoms with E-state index in [4.69, 9.17) is 44.9 Å². The van der Waals surface area contributed by atoms with E-state index in [0.717, 1.165) is 156 Å². The van der Waals surface area contributed by atoms with Crippen molar-refractivity contribution in [3.63, 3.8) is 0 Å². The van der Waals surface area contributed by atoms with Crippen molar-refractivity contribution in [3.8, 4) is 135 Å². The third-order valence-electron chi connectivity index (χ3n) is 18.6. The van der Waals surface area contributed by atoms with Gasteiger partial charge in [0.2, 0.25) is 0 Å². The van der Waals surface area contributed by atoms with Crippen LogP contribution in [0.15, 0.2) is 346 Å². The van der Waals surface area contributed by atoms with Crippen LogP contribution in [0.1, 0.15) is 11.4 Å². The summed E-state index contributed by atoms with van der Waals surface area (Å²) >= 11 is 0. The van der Waals surface area contributed by atoms with Crippen LogP contribution in [0.2, 0.25) is 0 Å². The largest absolute Gasteiger partial charge is 0.251 e. The summed E-state index contributed by atoms with van der Waals surface area (Å²) in [5.74, 6) is 2.58. The van der Waals surface area contributed by atoms with Crippen LogP contribution >= 0.6 is 0 Å². The lowest BCUT2D eigenvalue weighted by molar-refractivity contribution is 1.07. The number of benzene rings is 12. The molecule has 0 amide bonds. The molecule has 6 aromatic heterocycles. The Kier molecular flexibility index (Phi) is 16.6. The molecule has 0 saturated carbocycles. The number of hydrogen-bond acceptors (Lipinski definition) is 9. The van der Waals surface area contributed by atoms with Crippen LogP contribution in [0.3, 0.4) is 0 Å². The minimum absolute atomic E-state index is 0.622. The molecule has 0 aliphatic rings. The molecule has 0 spiro atoms. The highest BCUT2D eigenvalue weighted by Crippen LogP contribution is 2.39. The summed E-state index contributed by atoms with van der Waals surface area (Å²) in [6.07, 6.45) is 0. The van der Waals surface area contributed by atoms with Crippen LogP contribution in [0.25, 0.3) is 179 Å². The van der Waals surface area contributed by atoms with E-state index in [1.54, 1.807) is 0 Å². The van der Waals surface area contributed by atoms with Crippen LogP contribution in [0.5, 0.6) is 0 Å². The molecule has 0 fully saturated rings. The lowest BCUT2D eigenvalue weighted by atomic mass is 9.96. The zero-order valence-corrected chi connectivity index (χ0v) is 55.9. The second-order valence-electron chi connectivity index (χ2n) is 25.4. The molecular formula is C93H63N9. The molecule has 0 atom stereocenters. The Bertz CT molecular complexity index is 6080. The molecule has 0 unspecified atom stereocenters. The van der Waals surface area contributed by atoms with Gasteiger partial charge in [0.05, 0.1) is 44.8 Å². The van der Waals surface area contributed by atoms with Crippen LogP contribution in [0, 0.1) is 13.8 Å². The summed E-state index contributed by atoms with van der Waals surface area (Å²) in [5, 5.41) is 4.26. The van der Waals surface area contributed by atoms with Gasteiger partial charge in [-0.1, -0.05) is 309 Å². The fourth-order valence-corrected chi connectivity index (χ4v) is 13.4. The van der Waals surface area contributed by atoms with E-state index in [1.165, 1.54) is 11.1 Å². The maximum atomic E-state index is 5.16. The Hall–Kier alpha value is -13.6. The van der Waals surface area contributed by atoms with Crippen molar-refractivity contribution in [3.05, 3.63) is 357 Å². The number of aryl methyl sites for hydroxylation is 2. The summed E-state index contributed by atoms with van der Waals surface area (Å²) in [6, 6.07) is 119. The molecule has 18 rings (SSSR count). The average Bonchev–Trinajstić information content (AvgIpc) is 0.760. The smallest absolute Gasteiger partial charge is 0.164 e. The van der Waals surface area contributed by atoms with Crippen molar-refractivity contribution in [2.24, 2.45) is 0 Å². The van der Waals surface area contributed by atoms with Crippen LogP contribution in [0.4, 0.5) is 0 Å². The first kappa shape index (κ1) is 61.9. The number of nitrogens with zero attached hydrogens (tertiary/aromatic N) is 9. The number of aromatic nitrogens is 9. The molecule has 6 heterocycles.